The highest BCUT2D eigenvalue weighted by molar-refractivity contribution is 8.03. The first-order valence-corrected chi connectivity index (χ1v) is 14.1. The monoisotopic (exact) mass is 585 g/mol. The van der Waals surface area contributed by atoms with Gasteiger partial charge < -0.3 is 20.4 Å². The molecule has 2 amide bonds. The number of carbonyl (C=O) groups excluding carboxylic acids is 3. The highest BCUT2D eigenvalue weighted by Gasteiger charge is 2.60. The van der Waals surface area contributed by atoms with Crippen molar-refractivity contribution < 1.29 is 38.2 Å². The van der Waals surface area contributed by atoms with Gasteiger partial charge in [0, 0.05) is 46.0 Å². The van der Waals surface area contributed by atoms with E-state index in [1.807, 2.05) is 6.92 Å². The lowest BCUT2D eigenvalue weighted by atomic mass is 9.79. The van der Waals surface area contributed by atoms with Gasteiger partial charge >= 0.3 is 5.97 Å². The number of carboxylic acids is 1. The predicted molar refractivity (Wildman–Crippen MR) is 147 cm³/mol. The van der Waals surface area contributed by atoms with Crippen molar-refractivity contribution in [1.29, 1.82) is 0 Å². The second-order valence-corrected chi connectivity index (χ2v) is 12.0. The number of likely N-dealkylation sites (tertiary alicyclic amines) is 1. The Kier molecular flexibility index (Phi) is 8.00. The second-order valence-electron chi connectivity index (χ2n) is 10.6. The van der Waals surface area contributed by atoms with Crippen LogP contribution in [-0.2, 0) is 20.9 Å². The van der Waals surface area contributed by atoms with E-state index in [0.29, 0.717) is 22.4 Å². The van der Waals surface area contributed by atoms with E-state index in [1.54, 1.807) is 23.1 Å². The van der Waals surface area contributed by atoms with Gasteiger partial charge in [-0.2, -0.15) is 0 Å². The minimum absolute atomic E-state index is 0.0646. The van der Waals surface area contributed by atoms with Crippen LogP contribution in [0.3, 0.4) is 0 Å². The van der Waals surface area contributed by atoms with Gasteiger partial charge in [-0.15, -0.1) is 11.8 Å². The molecular weight excluding hydrogens is 556 g/mol. The number of halogens is 2. The first-order chi connectivity index (χ1) is 19.5. The number of anilines is 1. The standard InChI is InChI=1S/C29H29F2N3O6S/c1-14-24-22(15(2)36)28(38)34(24)25(29(39)40)26(14)41-19-10-21(27(37)32-18-7-3-5-16(9-18)13-35)33(12-19)11-17-6-4-8-20(30)23(17)31/h3-9,13-15,19,21-22,24,36H,10-12H2,1-2H3,(H,32,37)(H,39,40)/t14-,15-,19+,21+,22-,24?/m1/s1. The maximum Gasteiger partial charge on any atom is 0.353 e. The molecule has 2 fully saturated rings. The SMILES string of the molecule is C[C@H]1C(S[C@H]2C[C@@H](C(=O)Nc3cccc(C=O)c3)N(Cc3cccc(F)c3F)C2)=C(C(=O)O)N2C(=O)[C@H]([C@@H](C)O)C12. The van der Waals surface area contributed by atoms with Crippen LogP contribution < -0.4 is 5.32 Å². The zero-order chi connectivity index (χ0) is 29.6. The van der Waals surface area contributed by atoms with Gasteiger partial charge in [-0.1, -0.05) is 31.2 Å². The van der Waals surface area contributed by atoms with Crippen LogP contribution in [0.1, 0.15) is 36.2 Å². The van der Waals surface area contributed by atoms with Crippen molar-refractivity contribution in [3.8, 4) is 0 Å². The Morgan fingerprint density at radius 3 is 2.63 bits per heavy atom. The summed E-state index contributed by atoms with van der Waals surface area (Å²) in [6.07, 6.45) is -0.00856. The van der Waals surface area contributed by atoms with Crippen LogP contribution in [0, 0.1) is 23.5 Å². The van der Waals surface area contributed by atoms with Crippen LogP contribution >= 0.6 is 11.8 Å². The largest absolute Gasteiger partial charge is 0.477 e. The number of benzene rings is 2. The van der Waals surface area contributed by atoms with Crippen LogP contribution in [0.15, 0.2) is 53.1 Å². The Hall–Kier alpha value is -3.61. The molecule has 3 aliphatic heterocycles. The van der Waals surface area contributed by atoms with E-state index in [4.69, 9.17) is 0 Å². The van der Waals surface area contributed by atoms with E-state index in [1.165, 1.54) is 41.8 Å². The number of thioether (sulfide) groups is 1. The average Bonchev–Trinajstić information content (AvgIpc) is 3.43. The molecule has 41 heavy (non-hydrogen) atoms. The van der Waals surface area contributed by atoms with Gasteiger partial charge in [-0.3, -0.25) is 19.3 Å². The van der Waals surface area contributed by atoms with E-state index in [-0.39, 0.29) is 41.9 Å². The minimum atomic E-state index is -1.25. The van der Waals surface area contributed by atoms with Crippen molar-refractivity contribution in [3.05, 3.63) is 75.8 Å². The Morgan fingerprint density at radius 2 is 1.95 bits per heavy atom. The Bertz CT molecular complexity index is 1450. The van der Waals surface area contributed by atoms with Crippen molar-refractivity contribution >= 4 is 41.5 Å². The maximum atomic E-state index is 14.6. The van der Waals surface area contributed by atoms with Crippen molar-refractivity contribution in [2.24, 2.45) is 11.8 Å². The summed E-state index contributed by atoms with van der Waals surface area (Å²) < 4.78 is 28.5. The molecule has 0 spiro atoms. The topological polar surface area (TPSA) is 127 Å². The molecule has 6 atom stereocenters. The number of nitrogens with zero attached hydrogens (tertiary/aromatic N) is 2. The Morgan fingerprint density at radius 1 is 1.22 bits per heavy atom. The number of rotatable bonds is 9. The Labute approximate surface area is 239 Å². The van der Waals surface area contributed by atoms with E-state index in [0.717, 1.165) is 6.07 Å². The lowest BCUT2D eigenvalue weighted by molar-refractivity contribution is -0.163. The summed E-state index contributed by atoms with van der Waals surface area (Å²) in [5.74, 6) is -5.15. The molecule has 9 nitrogen and oxygen atoms in total. The van der Waals surface area contributed by atoms with Crippen molar-refractivity contribution in [1.82, 2.24) is 9.80 Å². The number of β-lactam (4-membered cyclic amide) rings is 1. The van der Waals surface area contributed by atoms with Crippen molar-refractivity contribution in [2.75, 3.05) is 11.9 Å². The summed E-state index contributed by atoms with van der Waals surface area (Å²) in [5, 5.41) is 22.6. The molecular formula is C29H29F2N3O6S. The molecule has 0 aromatic heterocycles. The fourth-order valence-corrected chi connectivity index (χ4v) is 7.61. The number of aliphatic hydroxyl groups is 1. The molecule has 0 bridgehead atoms. The lowest BCUT2D eigenvalue weighted by Gasteiger charge is -2.46. The summed E-state index contributed by atoms with van der Waals surface area (Å²) >= 11 is 1.27. The molecule has 5 rings (SSSR count). The quantitative estimate of drug-likeness (QED) is 0.303. The number of hydrogen-bond donors (Lipinski definition) is 3. The third-order valence-corrected chi connectivity index (χ3v) is 9.46. The van der Waals surface area contributed by atoms with Gasteiger partial charge in [0.15, 0.2) is 11.6 Å². The number of amides is 2. The van der Waals surface area contributed by atoms with Crippen LogP contribution in [0.2, 0.25) is 0 Å². The molecule has 0 aliphatic carbocycles. The molecule has 216 valence electrons. The second kappa shape index (κ2) is 11.3. The minimum Gasteiger partial charge on any atom is -0.477 e. The van der Waals surface area contributed by atoms with Crippen molar-refractivity contribution in [3.63, 3.8) is 0 Å². The smallest absolute Gasteiger partial charge is 0.353 e. The number of hydrogen-bond acceptors (Lipinski definition) is 7. The van der Waals surface area contributed by atoms with E-state index < -0.39 is 53.5 Å². The predicted octanol–water partition coefficient (Wildman–Crippen LogP) is 3.25. The highest BCUT2D eigenvalue weighted by Crippen LogP contribution is 2.52. The average molecular weight is 586 g/mol. The third kappa shape index (κ3) is 5.27. The normalized spacial score (nSPS) is 26.5. The van der Waals surface area contributed by atoms with Gasteiger partial charge in [0.2, 0.25) is 11.8 Å². The maximum absolute atomic E-state index is 14.6. The Balaban J connectivity index is 1.41. The summed E-state index contributed by atoms with van der Waals surface area (Å²) in [4.78, 5) is 53.0. The van der Waals surface area contributed by atoms with Crippen LogP contribution in [0.4, 0.5) is 14.5 Å². The summed E-state index contributed by atoms with van der Waals surface area (Å²) in [6.45, 7) is 3.52. The molecule has 2 aromatic rings. The summed E-state index contributed by atoms with van der Waals surface area (Å²) in [6, 6.07) is 8.97. The molecule has 3 N–H and O–H groups in total. The number of aldehydes is 1. The van der Waals surface area contributed by atoms with Gasteiger partial charge in [0.1, 0.15) is 12.0 Å². The molecule has 3 heterocycles. The fourth-order valence-electron chi connectivity index (χ4n) is 6.06. The number of carboxylic acid groups (broad SMARTS) is 1. The zero-order valence-corrected chi connectivity index (χ0v) is 23.1. The number of nitrogens with one attached hydrogen (secondary N) is 1. The van der Waals surface area contributed by atoms with Gasteiger partial charge in [-0.25, -0.2) is 13.6 Å². The number of fused-ring (bicyclic) bond motifs is 1. The van der Waals surface area contributed by atoms with E-state index in [9.17, 15) is 38.2 Å². The first-order valence-electron chi connectivity index (χ1n) is 13.2. The third-order valence-electron chi connectivity index (χ3n) is 7.97. The molecule has 2 aromatic carbocycles. The first kappa shape index (κ1) is 28.9. The molecule has 12 heteroatoms. The van der Waals surface area contributed by atoms with Crippen LogP contribution in [-0.4, -0.2) is 74.1 Å². The van der Waals surface area contributed by atoms with E-state index >= 15 is 0 Å². The molecule has 1 unspecified atom stereocenters. The molecule has 0 saturated carbocycles. The molecule has 2 saturated heterocycles. The summed E-state index contributed by atoms with van der Waals surface area (Å²) in [7, 11) is 0. The van der Waals surface area contributed by atoms with Gasteiger partial charge in [0.25, 0.3) is 0 Å². The number of carbonyl (C=O) groups is 4. The molecule has 3 aliphatic rings. The number of aliphatic carboxylic acids is 1. The lowest BCUT2D eigenvalue weighted by Crippen LogP contribution is -2.63. The van der Waals surface area contributed by atoms with Gasteiger partial charge in [-0.05, 0) is 31.5 Å². The van der Waals surface area contributed by atoms with E-state index in [2.05, 4.69) is 5.32 Å². The van der Waals surface area contributed by atoms with Crippen molar-refractivity contribution in [2.45, 2.75) is 50.3 Å². The van der Waals surface area contributed by atoms with Crippen LogP contribution in [0.25, 0.3) is 0 Å². The van der Waals surface area contributed by atoms with Crippen LogP contribution in [0.5, 0.6) is 0 Å². The zero-order valence-electron chi connectivity index (χ0n) is 22.3. The number of aliphatic hydroxyl groups excluding tert-OH is 1. The molecule has 0 radical (unpaired) electrons. The van der Waals surface area contributed by atoms with Gasteiger partial charge in [0.05, 0.1) is 24.1 Å². The fraction of sp³-hybridized carbons (Fsp3) is 0.379. The highest BCUT2D eigenvalue weighted by atomic mass is 32.2. The summed E-state index contributed by atoms with van der Waals surface area (Å²) in [5.41, 5.74) is 0.737.